The number of rotatable bonds is 3. The lowest BCUT2D eigenvalue weighted by atomic mass is 10.1. The Bertz CT molecular complexity index is 596. The second kappa shape index (κ2) is 5.32. The maximum absolute atomic E-state index is 9.72. The van der Waals surface area contributed by atoms with Gasteiger partial charge >= 0.3 is 0 Å². The summed E-state index contributed by atoms with van der Waals surface area (Å²) in [6, 6.07) is 3.84. The minimum Gasteiger partial charge on any atom is -0.388 e. The first-order chi connectivity index (χ1) is 8.99. The summed E-state index contributed by atoms with van der Waals surface area (Å²) in [7, 11) is 0. The molecule has 3 N–H and O–H groups in total. The summed E-state index contributed by atoms with van der Waals surface area (Å²) in [6.07, 6.45) is 3.22. The van der Waals surface area contributed by atoms with Crippen molar-refractivity contribution in [1.29, 1.82) is 0 Å². The van der Waals surface area contributed by atoms with Gasteiger partial charge in [-0.2, -0.15) is 4.57 Å². The molecule has 0 fully saturated rings. The van der Waals surface area contributed by atoms with Crippen LogP contribution in [0.25, 0.3) is 0 Å². The lowest BCUT2D eigenvalue weighted by molar-refractivity contribution is -0.694. The van der Waals surface area contributed by atoms with Gasteiger partial charge in [0, 0.05) is 24.8 Å². The summed E-state index contributed by atoms with van der Waals surface area (Å²) >= 11 is 0. The van der Waals surface area contributed by atoms with Gasteiger partial charge in [0.25, 0.3) is 0 Å². The van der Waals surface area contributed by atoms with Gasteiger partial charge in [-0.05, 0) is 19.9 Å². The fraction of sp³-hybridized carbons (Fsp3) is 0.357. The summed E-state index contributed by atoms with van der Waals surface area (Å²) in [5.74, 6) is 1.17. The van der Waals surface area contributed by atoms with Crippen molar-refractivity contribution in [2.75, 3.05) is 5.73 Å². The number of hydrogen-bond donors (Lipinski definition) is 2. The fourth-order valence-electron chi connectivity index (χ4n) is 2.08. The summed E-state index contributed by atoms with van der Waals surface area (Å²) in [4.78, 5) is 8.33. The number of hydrogen-bond acceptors (Lipinski definition) is 4. The zero-order chi connectivity index (χ0) is 14.0. The number of aryl methyl sites for hydroxylation is 1. The topological polar surface area (TPSA) is 75.9 Å². The summed E-state index contributed by atoms with van der Waals surface area (Å²) in [6.45, 7) is 6.15. The third-order valence-corrected chi connectivity index (χ3v) is 3.20. The Kier molecular flexibility index (Phi) is 3.76. The molecule has 0 bridgehead atoms. The number of pyridine rings is 1. The Morgan fingerprint density at radius 1 is 1.42 bits per heavy atom. The van der Waals surface area contributed by atoms with Gasteiger partial charge in [0.15, 0.2) is 18.4 Å². The Morgan fingerprint density at radius 2 is 2.16 bits per heavy atom. The van der Waals surface area contributed by atoms with Crippen LogP contribution in [-0.4, -0.2) is 15.1 Å². The molecule has 1 unspecified atom stereocenters. The van der Waals surface area contributed by atoms with Gasteiger partial charge < -0.3 is 10.8 Å². The van der Waals surface area contributed by atoms with Gasteiger partial charge in [0.1, 0.15) is 11.6 Å². The van der Waals surface area contributed by atoms with Gasteiger partial charge in [-0.1, -0.05) is 0 Å². The molecule has 5 heteroatoms. The van der Waals surface area contributed by atoms with Crippen LogP contribution in [0.5, 0.6) is 0 Å². The molecule has 2 heterocycles. The van der Waals surface area contributed by atoms with E-state index in [1.165, 1.54) is 0 Å². The summed E-state index contributed by atoms with van der Waals surface area (Å²) in [5.41, 5.74) is 8.70. The Morgan fingerprint density at radius 3 is 2.79 bits per heavy atom. The normalized spacial score (nSPS) is 12.4. The minimum atomic E-state index is -0.487. The average Bonchev–Trinajstić information content (AvgIpc) is 2.34. The Labute approximate surface area is 112 Å². The highest BCUT2D eigenvalue weighted by molar-refractivity contribution is 5.36. The largest absolute Gasteiger partial charge is 0.388 e. The van der Waals surface area contributed by atoms with E-state index in [4.69, 9.17) is 5.73 Å². The van der Waals surface area contributed by atoms with Crippen LogP contribution in [0.1, 0.15) is 35.7 Å². The van der Waals surface area contributed by atoms with E-state index in [1.54, 1.807) is 13.1 Å². The van der Waals surface area contributed by atoms with Crippen LogP contribution in [0, 0.1) is 13.8 Å². The predicted molar refractivity (Wildman–Crippen MR) is 72.3 cm³/mol. The smallest absolute Gasteiger partial charge is 0.184 e. The molecule has 5 nitrogen and oxygen atoms in total. The SMILES string of the molecule is Cc1ncc(C[n+]2cccc(C(C)O)c2C)c(N)n1. The van der Waals surface area contributed by atoms with Crippen molar-refractivity contribution in [3.05, 3.63) is 47.2 Å². The summed E-state index contributed by atoms with van der Waals surface area (Å²) < 4.78 is 2.03. The standard InChI is InChI=1S/C14H19N4O/c1-9-13(10(2)19)5-4-6-18(9)8-12-7-16-11(3)17-14(12)15/h4-7,10,19H,8H2,1-3H3,(H2,15,16,17)/q+1. The van der Waals surface area contributed by atoms with Crippen LogP contribution in [0.2, 0.25) is 0 Å². The number of anilines is 1. The fourth-order valence-corrected chi connectivity index (χ4v) is 2.08. The second-order valence-corrected chi connectivity index (χ2v) is 4.68. The van der Waals surface area contributed by atoms with Crippen LogP contribution < -0.4 is 10.3 Å². The van der Waals surface area contributed by atoms with Crippen molar-refractivity contribution in [1.82, 2.24) is 9.97 Å². The van der Waals surface area contributed by atoms with E-state index < -0.39 is 6.10 Å². The first kappa shape index (κ1) is 13.4. The molecule has 0 aromatic carbocycles. The van der Waals surface area contributed by atoms with E-state index >= 15 is 0 Å². The monoisotopic (exact) mass is 259 g/mol. The van der Waals surface area contributed by atoms with Crippen molar-refractivity contribution in [2.45, 2.75) is 33.4 Å². The molecule has 19 heavy (non-hydrogen) atoms. The predicted octanol–water partition coefficient (Wildman–Crippen LogP) is 1.06. The molecule has 100 valence electrons. The van der Waals surface area contributed by atoms with Crippen molar-refractivity contribution >= 4 is 5.82 Å². The summed E-state index contributed by atoms with van der Waals surface area (Å²) in [5, 5.41) is 9.72. The molecular weight excluding hydrogens is 240 g/mol. The first-order valence-corrected chi connectivity index (χ1v) is 6.24. The van der Waals surface area contributed by atoms with E-state index in [0.29, 0.717) is 18.2 Å². The third-order valence-electron chi connectivity index (χ3n) is 3.20. The number of nitrogens with zero attached hydrogens (tertiary/aromatic N) is 3. The van der Waals surface area contributed by atoms with Crippen LogP contribution in [0.3, 0.4) is 0 Å². The molecule has 2 aromatic heterocycles. The molecule has 0 saturated carbocycles. The molecule has 2 aromatic rings. The molecule has 0 radical (unpaired) electrons. The minimum absolute atomic E-state index is 0.487. The number of aliphatic hydroxyl groups excluding tert-OH is 1. The van der Waals surface area contributed by atoms with Crippen molar-refractivity contribution in [3.63, 3.8) is 0 Å². The maximum Gasteiger partial charge on any atom is 0.184 e. The van der Waals surface area contributed by atoms with Gasteiger partial charge in [0.2, 0.25) is 0 Å². The number of nitrogens with two attached hydrogens (primary N) is 1. The van der Waals surface area contributed by atoms with E-state index in [0.717, 1.165) is 16.8 Å². The van der Waals surface area contributed by atoms with Crippen LogP contribution >= 0.6 is 0 Å². The lowest BCUT2D eigenvalue weighted by Gasteiger charge is -2.09. The molecule has 0 aliphatic rings. The van der Waals surface area contributed by atoms with Crippen molar-refractivity contribution < 1.29 is 9.67 Å². The Balaban J connectivity index is 2.36. The van der Waals surface area contributed by atoms with Crippen LogP contribution in [0.15, 0.2) is 24.5 Å². The average molecular weight is 259 g/mol. The zero-order valence-corrected chi connectivity index (χ0v) is 11.5. The maximum atomic E-state index is 9.72. The van der Waals surface area contributed by atoms with Gasteiger partial charge in [-0.15, -0.1) is 0 Å². The highest BCUT2D eigenvalue weighted by atomic mass is 16.3. The highest BCUT2D eigenvalue weighted by Gasteiger charge is 2.16. The van der Waals surface area contributed by atoms with Crippen molar-refractivity contribution in [2.24, 2.45) is 0 Å². The van der Waals surface area contributed by atoms with Crippen molar-refractivity contribution in [3.8, 4) is 0 Å². The quantitative estimate of drug-likeness (QED) is 0.808. The van der Waals surface area contributed by atoms with E-state index in [2.05, 4.69) is 9.97 Å². The number of nitrogen functional groups attached to an aromatic ring is 1. The molecule has 1 atom stereocenters. The van der Waals surface area contributed by atoms with Gasteiger partial charge in [0.05, 0.1) is 11.7 Å². The highest BCUT2D eigenvalue weighted by Crippen LogP contribution is 2.14. The third kappa shape index (κ3) is 2.88. The zero-order valence-electron chi connectivity index (χ0n) is 11.5. The van der Waals surface area contributed by atoms with Gasteiger partial charge in [-0.3, -0.25) is 0 Å². The van der Waals surface area contributed by atoms with Crippen LogP contribution in [0.4, 0.5) is 5.82 Å². The van der Waals surface area contributed by atoms with E-state index in [1.807, 2.05) is 36.7 Å². The molecule has 0 saturated heterocycles. The van der Waals surface area contributed by atoms with Gasteiger partial charge in [-0.25, -0.2) is 9.97 Å². The molecule has 0 aliphatic heterocycles. The molecule has 0 amide bonds. The lowest BCUT2D eigenvalue weighted by Crippen LogP contribution is -2.38. The van der Waals surface area contributed by atoms with E-state index in [-0.39, 0.29) is 0 Å². The molecule has 0 spiro atoms. The molecule has 2 rings (SSSR count). The first-order valence-electron chi connectivity index (χ1n) is 6.24. The number of aliphatic hydroxyl groups is 1. The molecule has 0 aliphatic carbocycles. The second-order valence-electron chi connectivity index (χ2n) is 4.68. The van der Waals surface area contributed by atoms with E-state index in [9.17, 15) is 5.11 Å². The van der Waals surface area contributed by atoms with Crippen LogP contribution in [-0.2, 0) is 6.54 Å². The molecular formula is C14H19N4O+. The Hall–Kier alpha value is -2.01. The number of aromatic nitrogens is 3.